The van der Waals surface area contributed by atoms with E-state index in [1.165, 1.54) is 30.0 Å². The second-order valence-electron chi connectivity index (χ2n) is 8.64. The van der Waals surface area contributed by atoms with Gasteiger partial charge in [0, 0.05) is 17.1 Å². The number of guanidine groups is 1. The van der Waals surface area contributed by atoms with Gasteiger partial charge in [0.1, 0.15) is 5.75 Å². The van der Waals surface area contributed by atoms with Crippen LogP contribution >= 0.6 is 11.6 Å². The molecule has 3 N–H and O–H groups in total. The number of carbonyl (C=O) groups is 2. The van der Waals surface area contributed by atoms with E-state index in [1.54, 1.807) is 55.5 Å². The maximum Gasteiger partial charge on any atom is 0.327 e. The van der Waals surface area contributed by atoms with Crippen molar-refractivity contribution in [3.05, 3.63) is 83.3 Å². The number of aromatic nitrogens is 1. The number of carbonyl (C=O) groups excluding carboxylic acids is 1. The standard InChI is InChI=1S/C26H25ClFN5O5/c1-15(23(34)35)16(2)33-25(36)31-24(32(26(33)37)14-17-6-8-18(27)9-7-17)29-19-10-12-20(13-11-19)38-22-5-3-4-21(28)30-22/h3-13,15-16,26,37H,14H2,1-2H3,(H,34,35)(H,29,31,36)/t15-,16+,26?/m1/s1. The number of hydrogen-bond donors (Lipinski definition) is 3. The highest BCUT2D eigenvalue weighted by Crippen LogP contribution is 2.26. The van der Waals surface area contributed by atoms with E-state index in [2.05, 4.69) is 15.3 Å². The molecule has 0 saturated carbocycles. The minimum Gasteiger partial charge on any atom is -0.481 e. The molecule has 0 spiro atoms. The smallest absolute Gasteiger partial charge is 0.327 e. The highest BCUT2D eigenvalue weighted by atomic mass is 35.5. The minimum atomic E-state index is -1.50. The van der Waals surface area contributed by atoms with Crippen molar-refractivity contribution in [2.75, 3.05) is 0 Å². The van der Waals surface area contributed by atoms with Gasteiger partial charge in [-0.25, -0.2) is 9.79 Å². The van der Waals surface area contributed by atoms with Crippen LogP contribution in [0.4, 0.5) is 14.9 Å². The quantitative estimate of drug-likeness (QED) is 0.356. The Morgan fingerprint density at radius 3 is 2.47 bits per heavy atom. The topological polar surface area (TPSA) is 128 Å². The van der Waals surface area contributed by atoms with E-state index in [1.807, 2.05) is 0 Å². The van der Waals surface area contributed by atoms with Crippen LogP contribution in [0, 0.1) is 11.9 Å². The van der Waals surface area contributed by atoms with Gasteiger partial charge in [-0.1, -0.05) is 29.8 Å². The lowest BCUT2D eigenvalue weighted by Crippen LogP contribution is -2.68. The van der Waals surface area contributed by atoms with Crippen LogP contribution in [-0.4, -0.2) is 55.4 Å². The van der Waals surface area contributed by atoms with E-state index >= 15 is 0 Å². The molecular formula is C26H25ClFN5O5. The lowest BCUT2D eigenvalue weighted by molar-refractivity contribution is -0.146. The summed E-state index contributed by atoms with van der Waals surface area (Å²) in [6.07, 6.45) is -1.50. The van der Waals surface area contributed by atoms with Crippen LogP contribution < -0.4 is 10.1 Å². The van der Waals surface area contributed by atoms with Gasteiger partial charge in [-0.2, -0.15) is 9.37 Å². The molecule has 1 saturated heterocycles. The third-order valence-electron chi connectivity index (χ3n) is 6.05. The molecule has 0 bridgehead atoms. The Bertz CT molecular complexity index is 1340. The largest absolute Gasteiger partial charge is 0.481 e. The molecule has 0 radical (unpaired) electrons. The molecule has 3 atom stereocenters. The second kappa shape index (κ2) is 11.4. The lowest BCUT2D eigenvalue weighted by Gasteiger charge is -2.45. The number of halogens is 2. The first kappa shape index (κ1) is 26.8. The van der Waals surface area contributed by atoms with Gasteiger partial charge in [0.2, 0.25) is 24.1 Å². The van der Waals surface area contributed by atoms with Crippen LogP contribution in [0.25, 0.3) is 0 Å². The number of aliphatic carboxylic acids is 1. The van der Waals surface area contributed by atoms with Crippen LogP contribution in [0.15, 0.2) is 71.7 Å². The van der Waals surface area contributed by atoms with Crippen LogP contribution in [-0.2, 0) is 11.3 Å². The van der Waals surface area contributed by atoms with Crippen molar-refractivity contribution >= 4 is 35.2 Å². The van der Waals surface area contributed by atoms with Crippen LogP contribution in [0.3, 0.4) is 0 Å². The van der Waals surface area contributed by atoms with E-state index in [0.29, 0.717) is 16.5 Å². The molecule has 1 aliphatic heterocycles. The fraction of sp³-hybridized carbons (Fsp3) is 0.231. The van der Waals surface area contributed by atoms with Gasteiger partial charge in [0.05, 0.1) is 18.2 Å². The van der Waals surface area contributed by atoms with Crippen molar-refractivity contribution in [3.63, 3.8) is 0 Å². The SMILES string of the molecule is C[C@@H](C(=O)O)[C@H](C)N1C(=O)NC(=Nc2ccc(Oc3cccc(F)n3)cc2)N(Cc2ccc(Cl)cc2)C1O. The first-order valence-corrected chi connectivity index (χ1v) is 12.0. The molecule has 1 unspecified atom stereocenters. The number of aliphatic hydroxyl groups is 1. The number of urea groups is 1. The van der Waals surface area contributed by atoms with Crippen LogP contribution in [0.1, 0.15) is 19.4 Å². The Balaban J connectivity index is 1.62. The highest BCUT2D eigenvalue weighted by molar-refractivity contribution is 6.30. The molecular weight excluding hydrogens is 517 g/mol. The molecule has 1 aliphatic rings. The predicted octanol–water partition coefficient (Wildman–Crippen LogP) is 4.57. The third kappa shape index (κ3) is 6.18. The van der Waals surface area contributed by atoms with Gasteiger partial charge in [0.15, 0.2) is 0 Å². The monoisotopic (exact) mass is 541 g/mol. The fourth-order valence-corrected chi connectivity index (χ4v) is 3.88. The van der Waals surface area contributed by atoms with Crippen molar-refractivity contribution in [2.24, 2.45) is 10.9 Å². The first-order valence-electron chi connectivity index (χ1n) is 11.6. The van der Waals surface area contributed by atoms with Gasteiger partial charge >= 0.3 is 12.0 Å². The van der Waals surface area contributed by atoms with Gasteiger partial charge in [-0.15, -0.1) is 0 Å². The predicted molar refractivity (Wildman–Crippen MR) is 137 cm³/mol. The number of carboxylic acid groups (broad SMARTS) is 1. The Labute approximate surface area is 223 Å². The number of amides is 2. The number of nitrogens with zero attached hydrogens (tertiary/aromatic N) is 4. The summed E-state index contributed by atoms with van der Waals surface area (Å²) >= 11 is 6.00. The summed E-state index contributed by atoms with van der Waals surface area (Å²) in [4.78, 5) is 35.2. The number of carboxylic acids is 1. The second-order valence-corrected chi connectivity index (χ2v) is 9.07. The van der Waals surface area contributed by atoms with Gasteiger partial charge in [-0.3, -0.25) is 19.9 Å². The summed E-state index contributed by atoms with van der Waals surface area (Å²) in [6.45, 7) is 3.15. The number of ether oxygens (including phenoxy) is 1. The van der Waals surface area contributed by atoms with E-state index in [9.17, 15) is 24.2 Å². The molecule has 198 valence electrons. The van der Waals surface area contributed by atoms with E-state index < -0.39 is 36.3 Å². The van der Waals surface area contributed by atoms with Crippen molar-refractivity contribution in [1.82, 2.24) is 20.1 Å². The third-order valence-corrected chi connectivity index (χ3v) is 6.31. The number of aliphatic hydroxyl groups excluding tert-OH is 1. The average Bonchev–Trinajstić information content (AvgIpc) is 2.88. The zero-order valence-electron chi connectivity index (χ0n) is 20.5. The molecule has 12 heteroatoms. The molecule has 1 aromatic heterocycles. The summed E-state index contributed by atoms with van der Waals surface area (Å²) < 4.78 is 18.9. The molecule has 0 aliphatic carbocycles. The number of rotatable bonds is 8. The Hall–Kier alpha value is -4.22. The van der Waals surface area contributed by atoms with Crippen molar-refractivity contribution in [3.8, 4) is 11.6 Å². The van der Waals surface area contributed by atoms with Crippen LogP contribution in [0.5, 0.6) is 11.6 Å². The van der Waals surface area contributed by atoms with Crippen molar-refractivity contribution < 1.29 is 28.9 Å². The Morgan fingerprint density at radius 2 is 1.84 bits per heavy atom. The Morgan fingerprint density at radius 1 is 1.16 bits per heavy atom. The maximum atomic E-state index is 13.3. The van der Waals surface area contributed by atoms with E-state index in [-0.39, 0.29) is 18.4 Å². The molecule has 10 nitrogen and oxygen atoms in total. The molecule has 1 fully saturated rings. The molecule has 3 aromatic rings. The maximum absolute atomic E-state index is 13.3. The van der Waals surface area contributed by atoms with E-state index in [0.717, 1.165) is 10.5 Å². The summed E-state index contributed by atoms with van der Waals surface area (Å²) in [5, 5.41) is 23.9. The molecule has 2 aromatic carbocycles. The molecule has 38 heavy (non-hydrogen) atoms. The van der Waals surface area contributed by atoms with Gasteiger partial charge in [0.25, 0.3) is 0 Å². The number of pyridine rings is 1. The number of nitrogens with one attached hydrogen (secondary N) is 1. The molecule has 4 rings (SSSR count). The van der Waals surface area contributed by atoms with E-state index in [4.69, 9.17) is 16.3 Å². The summed E-state index contributed by atoms with van der Waals surface area (Å²) in [5.41, 5.74) is 1.19. The fourth-order valence-electron chi connectivity index (χ4n) is 3.75. The summed E-state index contributed by atoms with van der Waals surface area (Å²) in [7, 11) is 0. The summed E-state index contributed by atoms with van der Waals surface area (Å²) in [5.74, 6) is -2.17. The first-order chi connectivity index (χ1) is 18.1. The molecule has 2 amide bonds. The van der Waals surface area contributed by atoms with Gasteiger partial charge < -0.3 is 14.9 Å². The minimum absolute atomic E-state index is 0.0596. The molecule has 2 heterocycles. The number of aliphatic imine (C=N–C) groups is 1. The van der Waals surface area contributed by atoms with Crippen LogP contribution in [0.2, 0.25) is 5.02 Å². The summed E-state index contributed by atoms with van der Waals surface area (Å²) in [6, 6.07) is 16.0. The average molecular weight is 542 g/mol. The van der Waals surface area contributed by atoms with Crippen molar-refractivity contribution in [1.29, 1.82) is 0 Å². The normalized spacial score (nSPS) is 18.2. The zero-order valence-corrected chi connectivity index (χ0v) is 21.2. The van der Waals surface area contributed by atoms with Gasteiger partial charge in [-0.05, 0) is 61.9 Å². The highest BCUT2D eigenvalue weighted by Gasteiger charge is 2.41. The number of benzene rings is 2. The zero-order chi connectivity index (χ0) is 27.4. The number of hydrogen-bond acceptors (Lipinski definition) is 6. The van der Waals surface area contributed by atoms with Crippen molar-refractivity contribution in [2.45, 2.75) is 32.8 Å². The Kier molecular flexibility index (Phi) is 8.08. The lowest BCUT2D eigenvalue weighted by atomic mass is 10.0.